The number of rotatable bonds is 4. The number of piperidine rings is 1. The Morgan fingerprint density at radius 1 is 1.32 bits per heavy atom. The van der Waals surface area contributed by atoms with Crippen molar-refractivity contribution in [1.29, 1.82) is 0 Å². The first-order valence-corrected chi connectivity index (χ1v) is 10.5. The van der Waals surface area contributed by atoms with Gasteiger partial charge in [-0.3, -0.25) is 9.59 Å². The Morgan fingerprint density at radius 2 is 2.11 bits per heavy atom. The number of nitrogens with two attached hydrogens (primary N) is 1. The number of likely N-dealkylation sites (tertiary alicyclic amines) is 1. The summed E-state index contributed by atoms with van der Waals surface area (Å²) in [5.41, 5.74) is 6.35. The fraction of sp³-hybridized carbons (Fsp3) is 0.684. The van der Waals surface area contributed by atoms with Gasteiger partial charge in [0.25, 0.3) is 5.91 Å². The molecule has 1 aromatic heterocycles. The van der Waals surface area contributed by atoms with E-state index in [9.17, 15) is 9.59 Å². The van der Waals surface area contributed by atoms with Gasteiger partial charge in [-0.2, -0.15) is 0 Å². The van der Waals surface area contributed by atoms with Crippen LogP contribution in [0.1, 0.15) is 39.4 Å². The van der Waals surface area contributed by atoms with Crippen molar-refractivity contribution in [2.75, 3.05) is 46.0 Å². The average molecular weight is 430 g/mol. The molecular formula is C19H28ClN3O4S. The van der Waals surface area contributed by atoms with Crippen molar-refractivity contribution >= 4 is 35.6 Å². The molecule has 2 saturated heterocycles. The lowest BCUT2D eigenvalue weighted by Gasteiger charge is -2.43. The van der Waals surface area contributed by atoms with Crippen LogP contribution in [0, 0.1) is 5.92 Å². The maximum absolute atomic E-state index is 12.6. The second kappa shape index (κ2) is 9.09. The van der Waals surface area contributed by atoms with E-state index in [0.29, 0.717) is 32.2 Å². The van der Waals surface area contributed by atoms with Gasteiger partial charge in [0.05, 0.1) is 24.6 Å². The summed E-state index contributed by atoms with van der Waals surface area (Å²) in [5.74, 6) is 0.401. The van der Waals surface area contributed by atoms with Crippen molar-refractivity contribution in [3.63, 3.8) is 0 Å². The molecule has 156 valence electrons. The van der Waals surface area contributed by atoms with Crippen LogP contribution in [0.25, 0.3) is 0 Å². The maximum Gasteiger partial charge on any atom is 0.261 e. The summed E-state index contributed by atoms with van der Waals surface area (Å²) in [4.78, 5) is 28.2. The molecular weight excluding hydrogens is 402 g/mol. The number of carbonyl (C=O) groups excluding carboxylic acids is 2. The number of thiophene rings is 1. The first kappa shape index (κ1) is 21.5. The van der Waals surface area contributed by atoms with Crippen LogP contribution in [0.4, 0.5) is 0 Å². The molecule has 0 bridgehead atoms. The zero-order chi connectivity index (χ0) is 18.9. The highest BCUT2D eigenvalue weighted by molar-refractivity contribution is 7.14. The summed E-state index contributed by atoms with van der Waals surface area (Å²) in [6, 6.07) is 2.03. The lowest BCUT2D eigenvalue weighted by atomic mass is 9.85. The maximum atomic E-state index is 12.6. The molecule has 9 heteroatoms. The second-order valence-electron chi connectivity index (χ2n) is 7.58. The van der Waals surface area contributed by atoms with Crippen LogP contribution in [0.2, 0.25) is 0 Å². The largest absolute Gasteiger partial charge is 0.381 e. The lowest BCUT2D eigenvalue weighted by Crippen LogP contribution is -2.49. The van der Waals surface area contributed by atoms with Gasteiger partial charge in [-0.25, -0.2) is 0 Å². The Labute approximate surface area is 175 Å². The zero-order valence-electron chi connectivity index (χ0n) is 15.9. The summed E-state index contributed by atoms with van der Waals surface area (Å²) in [5, 5.41) is 3.05. The molecule has 0 radical (unpaired) electrons. The molecule has 0 saturated carbocycles. The van der Waals surface area contributed by atoms with Gasteiger partial charge in [0, 0.05) is 37.0 Å². The monoisotopic (exact) mass is 429 g/mol. The fourth-order valence-electron chi connectivity index (χ4n) is 4.22. The summed E-state index contributed by atoms with van der Waals surface area (Å²) in [7, 11) is 0. The Kier molecular flexibility index (Phi) is 6.98. The molecule has 1 aromatic rings. The Hall–Kier alpha value is -1.19. The Balaban J connectivity index is 0.00000225. The topological polar surface area (TPSA) is 93.9 Å². The number of nitrogens with zero attached hydrogens (tertiary/aromatic N) is 1. The molecule has 0 aliphatic carbocycles. The number of ether oxygens (including phenoxy) is 2. The summed E-state index contributed by atoms with van der Waals surface area (Å²) >= 11 is 1.55. The average Bonchev–Trinajstić information content (AvgIpc) is 3.36. The van der Waals surface area contributed by atoms with Crippen LogP contribution < -0.4 is 11.1 Å². The Morgan fingerprint density at radius 3 is 2.79 bits per heavy atom. The number of hydrogen-bond donors (Lipinski definition) is 2. The van der Waals surface area contributed by atoms with Gasteiger partial charge in [-0.1, -0.05) is 0 Å². The van der Waals surface area contributed by atoms with E-state index in [0.717, 1.165) is 43.8 Å². The summed E-state index contributed by atoms with van der Waals surface area (Å²) in [6.07, 6.45) is 3.36. The standard InChI is InChI=1S/C19H27N3O4S.ClH/c20-10-16(23)22-5-3-19(4-6-22)17-14(2-8-26-19)9-15(27-17)18(24)21-11-13-1-7-25-12-13;/h9,13H,1-8,10-12,20H2,(H,21,24);1H. The molecule has 7 nitrogen and oxygen atoms in total. The fourth-order valence-corrected chi connectivity index (χ4v) is 5.55. The number of fused-ring (bicyclic) bond motifs is 2. The summed E-state index contributed by atoms with van der Waals surface area (Å²) < 4.78 is 11.6. The van der Waals surface area contributed by atoms with Crippen molar-refractivity contribution < 1.29 is 19.1 Å². The minimum Gasteiger partial charge on any atom is -0.381 e. The third kappa shape index (κ3) is 4.21. The van der Waals surface area contributed by atoms with Crippen molar-refractivity contribution in [3.05, 3.63) is 21.4 Å². The van der Waals surface area contributed by atoms with Gasteiger partial charge < -0.3 is 25.4 Å². The third-order valence-corrected chi connectivity index (χ3v) is 7.23. The van der Waals surface area contributed by atoms with E-state index in [4.69, 9.17) is 15.2 Å². The van der Waals surface area contributed by atoms with Crippen LogP contribution in [0.5, 0.6) is 0 Å². The van der Waals surface area contributed by atoms with Crippen LogP contribution >= 0.6 is 23.7 Å². The van der Waals surface area contributed by atoms with Gasteiger partial charge in [0.2, 0.25) is 5.91 Å². The number of amides is 2. The molecule has 1 atom stereocenters. The van der Waals surface area contributed by atoms with E-state index in [1.165, 1.54) is 10.4 Å². The number of hydrogen-bond acceptors (Lipinski definition) is 6. The van der Waals surface area contributed by atoms with Crippen molar-refractivity contribution in [3.8, 4) is 0 Å². The van der Waals surface area contributed by atoms with Crippen LogP contribution in [0.15, 0.2) is 6.07 Å². The Bertz CT molecular complexity index is 712. The van der Waals surface area contributed by atoms with E-state index >= 15 is 0 Å². The first-order valence-electron chi connectivity index (χ1n) is 9.72. The van der Waals surface area contributed by atoms with E-state index in [-0.39, 0.29) is 36.4 Å². The van der Waals surface area contributed by atoms with Crippen LogP contribution in [0.3, 0.4) is 0 Å². The highest BCUT2D eigenvalue weighted by atomic mass is 35.5. The highest BCUT2D eigenvalue weighted by Gasteiger charge is 2.43. The smallest absolute Gasteiger partial charge is 0.261 e. The van der Waals surface area contributed by atoms with Crippen molar-refractivity contribution in [2.45, 2.75) is 31.3 Å². The molecule has 3 aliphatic heterocycles. The highest BCUT2D eigenvalue weighted by Crippen LogP contribution is 2.45. The normalized spacial score (nSPS) is 23.2. The van der Waals surface area contributed by atoms with E-state index in [1.807, 2.05) is 11.0 Å². The zero-order valence-corrected chi connectivity index (χ0v) is 17.5. The molecule has 2 fully saturated rings. The first-order chi connectivity index (χ1) is 13.1. The van der Waals surface area contributed by atoms with Crippen LogP contribution in [-0.2, 0) is 26.3 Å². The van der Waals surface area contributed by atoms with E-state index < -0.39 is 0 Å². The quantitative estimate of drug-likeness (QED) is 0.752. The van der Waals surface area contributed by atoms with Crippen LogP contribution in [-0.4, -0.2) is 62.7 Å². The molecule has 4 rings (SSSR count). The molecule has 2 amide bonds. The predicted octanol–water partition coefficient (Wildman–Crippen LogP) is 1.29. The molecule has 28 heavy (non-hydrogen) atoms. The molecule has 3 aliphatic rings. The minimum absolute atomic E-state index is 0. The number of nitrogens with one attached hydrogen (secondary N) is 1. The molecule has 1 spiro atoms. The lowest BCUT2D eigenvalue weighted by molar-refractivity contribution is -0.138. The molecule has 0 aromatic carbocycles. The van der Waals surface area contributed by atoms with Crippen molar-refractivity contribution in [2.24, 2.45) is 11.7 Å². The van der Waals surface area contributed by atoms with Gasteiger partial charge in [-0.15, -0.1) is 23.7 Å². The van der Waals surface area contributed by atoms with Gasteiger partial charge in [0.15, 0.2) is 0 Å². The molecule has 3 N–H and O–H groups in total. The molecule has 4 heterocycles. The van der Waals surface area contributed by atoms with E-state index in [1.54, 1.807) is 11.3 Å². The minimum atomic E-state index is -0.360. The summed E-state index contributed by atoms with van der Waals surface area (Å²) in [6.45, 7) is 4.20. The van der Waals surface area contributed by atoms with Gasteiger partial charge >= 0.3 is 0 Å². The molecule has 1 unspecified atom stereocenters. The SMILES string of the molecule is Cl.NCC(=O)N1CCC2(CC1)OCCc1cc(C(=O)NCC3CCOC3)sc12. The second-order valence-corrected chi connectivity index (χ2v) is 8.63. The van der Waals surface area contributed by atoms with E-state index in [2.05, 4.69) is 5.32 Å². The third-order valence-electron chi connectivity index (χ3n) is 5.87. The van der Waals surface area contributed by atoms with Gasteiger partial charge in [0.1, 0.15) is 5.60 Å². The number of halogens is 1. The predicted molar refractivity (Wildman–Crippen MR) is 109 cm³/mol. The van der Waals surface area contributed by atoms with Gasteiger partial charge in [-0.05, 0) is 37.3 Å². The number of carbonyl (C=O) groups is 2. The van der Waals surface area contributed by atoms with Crippen molar-refractivity contribution in [1.82, 2.24) is 10.2 Å².